The fourth-order valence-corrected chi connectivity index (χ4v) is 1.10. The van der Waals surface area contributed by atoms with Gasteiger partial charge >= 0.3 is 0 Å². The van der Waals surface area contributed by atoms with Crippen LogP contribution in [0, 0.1) is 0 Å². The molecule has 0 bridgehead atoms. The van der Waals surface area contributed by atoms with Crippen LogP contribution in [0.25, 0.3) is 5.69 Å². The second-order valence-corrected chi connectivity index (χ2v) is 2.68. The van der Waals surface area contributed by atoms with E-state index in [1.165, 1.54) is 0 Å². The number of hydrogen-bond donors (Lipinski definition) is 0. The Morgan fingerprint density at radius 1 is 1.64 bits per heavy atom. The van der Waals surface area contributed by atoms with Crippen molar-refractivity contribution in [3.63, 3.8) is 0 Å². The van der Waals surface area contributed by atoms with Crippen molar-refractivity contribution in [2.75, 3.05) is 6.61 Å². The highest BCUT2D eigenvalue weighted by Crippen LogP contribution is 2.10. The predicted octanol–water partition coefficient (Wildman–Crippen LogP) is 1.67. The summed E-state index contributed by atoms with van der Waals surface area (Å²) in [5.74, 6) is 0.362. The van der Waals surface area contributed by atoms with Gasteiger partial charge in [-0.2, -0.15) is 0 Å². The molecule has 2 aromatic heterocycles. The van der Waals surface area contributed by atoms with Gasteiger partial charge in [0.2, 0.25) is 5.88 Å². The Morgan fingerprint density at radius 3 is 3.21 bits per heavy atom. The second kappa shape index (κ2) is 3.91. The van der Waals surface area contributed by atoms with Crippen LogP contribution in [-0.4, -0.2) is 21.1 Å². The summed E-state index contributed by atoms with van der Waals surface area (Å²) in [5, 5.41) is 0. The molecule has 0 aromatic carbocycles. The summed E-state index contributed by atoms with van der Waals surface area (Å²) in [6, 6.07) is 1.97. The van der Waals surface area contributed by atoms with Gasteiger partial charge in [0, 0.05) is 18.4 Å². The maximum atomic E-state index is 7.70. The van der Waals surface area contributed by atoms with E-state index in [2.05, 4.69) is 9.97 Å². The average Bonchev–Trinajstić information content (AvgIpc) is 2.74. The van der Waals surface area contributed by atoms with E-state index in [1.807, 2.05) is 6.92 Å². The molecule has 0 aliphatic heterocycles. The van der Waals surface area contributed by atoms with Gasteiger partial charge in [-0.05, 0) is 13.0 Å². The molecule has 0 spiro atoms. The van der Waals surface area contributed by atoms with Crippen molar-refractivity contribution in [1.29, 1.82) is 0 Å². The molecule has 4 nitrogen and oxygen atoms in total. The number of rotatable bonds is 3. The Morgan fingerprint density at radius 2 is 2.57 bits per heavy atom. The van der Waals surface area contributed by atoms with Gasteiger partial charge in [-0.3, -0.25) is 0 Å². The van der Waals surface area contributed by atoms with Crippen molar-refractivity contribution in [1.82, 2.24) is 14.5 Å². The lowest BCUT2D eigenvalue weighted by atomic mass is 10.4. The molecule has 2 aromatic rings. The molecule has 0 atom stereocenters. The van der Waals surface area contributed by atoms with Crippen molar-refractivity contribution < 1.29 is 6.11 Å². The highest BCUT2D eigenvalue weighted by Gasteiger charge is 1.96. The van der Waals surface area contributed by atoms with E-state index in [4.69, 9.17) is 6.11 Å². The fourth-order valence-electron chi connectivity index (χ4n) is 1.10. The zero-order valence-electron chi connectivity index (χ0n) is 8.84. The van der Waals surface area contributed by atoms with Crippen LogP contribution in [0.1, 0.15) is 8.29 Å². The van der Waals surface area contributed by atoms with Crippen molar-refractivity contribution >= 4 is 0 Å². The lowest BCUT2D eigenvalue weighted by molar-refractivity contribution is 0.327. The van der Waals surface area contributed by atoms with Gasteiger partial charge in [-0.25, -0.2) is 9.97 Å². The van der Waals surface area contributed by atoms with E-state index in [1.54, 1.807) is 35.6 Å². The van der Waals surface area contributed by atoms with Crippen LogP contribution >= 0.6 is 0 Å². The fraction of sp³-hybridized carbons (Fsp3) is 0.200. The van der Waals surface area contributed by atoms with Crippen LogP contribution in [-0.2, 0) is 0 Å². The molecule has 0 amide bonds. The molecule has 0 radical (unpaired) electrons. The van der Waals surface area contributed by atoms with Gasteiger partial charge in [-0.15, -0.1) is 0 Å². The maximum Gasteiger partial charge on any atom is 0.213 e. The third-order valence-corrected chi connectivity index (χ3v) is 1.74. The number of ether oxygens (including phenoxy) is 1. The first-order chi connectivity index (χ1) is 7.31. The number of hydrogen-bond acceptors (Lipinski definition) is 3. The first kappa shape index (κ1) is 7.55. The van der Waals surface area contributed by atoms with Crippen LogP contribution in [0.2, 0.25) is 0 Å². The molecule has 14 heavy (non-hydrogen) atoms. The van der Waals surface area contributed by atoms with Crippen LogP contribution < -0.4 is 4.74 Å². The van der Waals surface area contributed by atoms with E-state index in [9.17, 15) is 0 Å². The number of pyridine rings is 1. The second-order valence-electron chi connectivity index (χ2n) is 2.68. The Balaban J connectivity index is 2.33. The van der Waals surface area contributed by atoms with E-state index in [0.717, 1.165) is 5.69 Å². The van der Waals surface area contributed by atoms with Gasteiger partial charge in [0.15, 0.2) is 0 Å². The zero-order chi connectivity index (χ0) is 10.7. The molecule has 2 rings (SSSR count). The van der Waals surface area contributed by atoms with Crippen LogP contribution in [0.4, 0.5) is 0 Å². The molecular formula is C10H11N3O. The molecule has 0 unspecified atom stereocenters. The minimum Gasteiger partial charge on any atom is -0.478 e. The van der Waals surface area contributed by atoms with E-state index >= 15 is 0 Å². The van der Waals surface area contributed by atoms with Crippen molar-refractivity contribution in [2.24, 2.45) is 0 Å². The van der Waals surface area contributed by atoms with Gasteiger partial charge in [0.05, 0.1) is 26.2 Å². The van der Waals surface area contributed by atoms with Gasteiger partial charge in [-0.1, -0.05) is 0 Å². The zero-order valence-corrected chi connectivity index (χ0v) is 7.84. The first-order valence-electron chi connectivity index (χ1n) is 4.89. The minimum absolute atomic E-state index is 0.281. The summed E-state index contributed by atoms with van der Waals surface area (Å²) in [5.41, 5.74) is 0.806. The SMILES string of the molecule is [2H]c1cc(-n2ccnc2)cnc1OCC. The molecule has 0 N–H and O–H groups in total. The minimum atomic E-state index is 0.281. The Kier molecular flexibility index (Phi) is 2.11. The lowest BCUT2D eigenvalue weighted by Gasteiger charge is -2.03. The largest absolute Gasteiger partial charge is 0.478 e. The summed E-state index contributed by atoms with van der Waals surface area (Å²) >= 11 is 0. The van der Waals surface area contributed by atoms with Crippen LogP contribution in [0.15, 0.2) is 37.0 Å². The van der Waals surface area contributed by atoms with E-state index < -0.39 is 0 Å². The Labute approximate surface area is 83.6 Å². The molecule has 0 aliphatic carbocycles. The molecule has 0 saturated heterocycles. The summed E-state index contributed by atoms with van der Waals surface area (Å²) in [4.78, 5) is 8.00. The third kappa shape index (κ3) is 1.74. The first-order valence-corrected chi connectivity index (χ1v) is 4.39. The molecule has 0 fully saturated rings. The van der Waals surface area contributed by atoms with Crippen molar-refractivity contribution in [2.45, 2.75) is 6.92 Å². The Hall–Kier alpha value is -1.84. The average molecular weight is 190 g/mol. The standard InChI is InChI=1S/C10H11N3O/c1-2-14-10-4-3-9(7-12-10)13-6-5-11-8-13/h3-8H,2H2,1H3/i4D. The maximum absolute atomic E-state index is 7.70. The highest BCUT2D eigenvalue weighted by molar-refractivity contribution is 5.30. The molecule has 0 aliphatic rings. The molecular weight excluding hydrogens is 178 g/mol. The third-order valence-electron chi connectivity index (χ3n) is 1.74. The summed E-state index contributed by atoms with van der Waals surface area (Å²) in [6.45, 7) is 2.38. The summed E-state index contributed by atoms with van der Waals surface area (Å²) in [7, 11) is 0. The van der Waals surface area contributed by atoms with Crippen molar-refractivity contribution in [3.05, 3.63) is 37.0 Å². The summed E-state index contributed by atoms with van der Waals surface area (Å²) in [6.07, 6.45) is 6.80. The lowest BCUT2D eigenvalue weighted by Crippen LogP contribution is -1.96. The van der Waals surface area contributed by atoms with Gasteiger partial charge in [0.1, 0.15) is 0 Å². The predicted molar refractivity (Wildman–Crippen MR) is 52.5 cm³/mol. The Bertz CT molecular complexity index is 442. The summed E-state index contributed by atoms with van der Waals surface area (Å²) < 4.78 is 14.7. The normalized spacial score (nSPS) is 11.1. The molecule has 72 valence electrons. The quantitative estimate of drug-likeness (QED) is 0.739. The van der Waals surface area contributed by atoms with Crippen LogP contribution in [0.5, 0.6) is 5.88 Å². The number of aromatic nitrogens is 3. The molecule has 0 saturated carbocycles. The van der Waals surface area contributed by atoms with Gasteiger partial charge in [0.25, 0.3) is 0 Å². The molecule has 2 heterocycles. The monoisotopic (exact) mass is 190 g/mol. The number of nitrogens with zero attached hydrogens (tertiary/aromatic N) is 3. The van der Waals surface area contributed by atoms with E-state index in [0.29, 0.717) is 12.5 Å². The van der Waals surface area contributed by atoms with E-state index in [-0.39, 0.29) is 6.04 Å². The van der Waals surface area contributed by atoms with Crippen molar-refractivity contribution in [3.8, 4) is 11.6 Å². The highest BCUT2D eigenvalue weighted by atomic mass is 16.5. The topological polar surface area (TPSA) is 39.9 Å². The smallest absolute Gasteiger partial charge is 0.213 e. The number of imidazole rings is 1. The van der Waals surface area contributed by atoms with Gasteiger partial charge < -0.3 is 9.30 Å². The molecule has 4 heteroatoms. The van der Waals surface area contributed by atoms with Crippen LogP contribution in [0.3, 0.4) is 0 Å².